The molecular weight excluding hydrogens is 377 g/mol. The zero-order valence-corrected chi connectivity index (χ0v) is 17.7. The van der Waals surface area contributed by atoms with Gasteiger partial charge in [0.2, 0.25) is 0 Å². The SMILES string of the molecule is C[C@@H]1Oc2cccc(OCOCC[Si](C)(C)C)c2-c2cc(F)ccc2NC1=O. The van der Waals surface area contributed by atoms with Crippen molar-refractivity contribution in [3.8, 4) is 22.6 Å². The molecule has 150 valence electrons. The van der Waals surface area contributed by atoms with Crippen LogP contribution in [-0.2, 0) is 9.53 Å². The van der Waals surface area contributed by atoms with Crippen molar-refractivity contribution in [1.82, 2.24) is 0 Å². The highest BCUT2D eigenvalue weighted by Crippen LogP contribution is 2.43. The molecule has 2 aromatic carbocycles. The second-order valence-corrected chi connectivity index (χ2v) is 13.7. The van der Waals surface area contributed by atoms with Crippen molar-refractivity contribution in [3.63, 3.8) is 0 Å². The van der Waals surface area contributed by atoms with Crippen LogP contribution in [0, 0.1) is 5.82 Å². The van der Waals surface area contributed by atoms with Gasteiger partial charge in [-0.05, 0) is 43.3 Å². The fraction of sp³-hybridized carbons (Fsp3) is 0.381. The highest BCUT2D eigenvalue weighted by atomic mass is 28.3. The van der Waals surface area contributed by atoms with Gasteiger partial charge in [-0.25, -0.2) is 4.39 Å². The Morgan fingerprint density at radius 3 is 2.75 bits per heavy atom. The Balaban J connectivity index is 1.89. The van der Waals surface area contributed by atoms with Gasteiger partial charge in [-0.3, -0.25) is 4.79 Å². The quantitative estimate of drug-likeness (QED) is 0.423. The number of anilines is 1. The van der Waals surface area contributed by atoms with E-state index in [0.717, 1.165) is 6.04 Å². The van der Waals surface area contributed by atoms with E-state index in [9.17, 15) is 9.18 Å². The van der Waals surface area contributed by atoms with Crippen LogP contribution in [0.5, 0.6) is 11.5 Å². The topological polar surface area (TPSA) is 56.8 Å². The second-order valence-electron chi connectivity index (χ2n) is 8.05. The summed E-state index contributed by atoms with van der Waals surface area (Å²) in [7, 11) is -1.17. The first-order chi connectivity index (χ1) is 13.2. The summed E-state index contributed by atoms with van der Waals surface area (Å²) >= 11 is 0. The summed E-state index contributed by atoms with van der Waals surface area (Å²) in [6.45, 7) is 9.26. The standard InChI is InChI=1S/C21H26FNO4Si/c1-14-21(24)23-17-9-8-15(22)12-16(17)20-18(6-5-7-19(20)27-14)26-13-25-10-11-28(2,3)4/h5-9,12,14H,10-11,13H2,1-4H3,(H,23,24)/t14-/m0/s1. The molecular formula is C21H26FNO4Si. The van der Waals surface area contributed by atoms with Crippen molar-refractivity contribution in [2.45, 2.75) is 38.7 Å². The van der Waals surface area contributed by atoms with Gasteiger partial charge < -0.3 is 19.5 Å². The molecule has 0 saturated heterocycles. The molecule has 0 aliphatic carbocycles. The van der Waals surface area contributed by atoms with Crippen LogP contribution in [0.4, 0.5) is 10.1 Å². The highest BCUT2D eigenvalue weighted by molar-refractivity contribution is 6.76. The van der Waals surface area contributed by atoms with E-state index < -0.39 is 20.0 Å². The maximum Gasteiger partial charge on any atom is 0.265 e. The fourth-order valence-electron chi connectivity index (χ4n) is 2.85. The Hall–Kier alpha value is -2.38. The van der Waals surface area contributed by atoms with E-state index >= 15 is 0 Å². The molecule has 2 aromatic rings. The zero-order chi connectivity index (χ0) is 20.3. The van der Waals surface area contributed by atoms with Crippen LogP contribution in [0.1, 0.15) is 6.92 Å². The summed E-state index contributed by atoms with van der Waals surface area (Å²) in [6.07, 6.45) is -0.694. The lowest BCUT2D eigenvalue weighted by atomic mass is 10.00. The molecule has 28 heavy (non-hydrogen) atoms. The first-order valence-corrected chi connectivity index (χ1v) is 13.1. The number of nitrogens with one attached hydrogen (secondary N) is 1. The van der Waals surface area contributed by atoms with Gasteiger partial charge in [0.25, 0.3) is 5.91 Å². The van der Waals surface area contributed by atoms with Gasteiger partial charge in [0.15, 0.2) is 12.9 Å². The van der Waals surface area contributed by atoms with Crippen molar-refractivity contribution in [2.75, 3.05) is 18.7 Å². The fourth-order valence-corrected chi connectivity index (χ4v) is 3.60. The van der Waals surface area contributed by atoms with E-state index in [2.05, 4.69) is 25.0 Å². The maximum absolute atomic E-state index is 14.0. The summed E-state index contributed by atoms with van der Waals surface area (Å²) in [5, 5.41) is 2.79. The Bertz CT molecular complexity index is 866. The van der Waals surface area contributed by atoms with Crippen LogP contribution in [0.25, 0.3) is 11.1 Å². The molecule has 5 nitrogen and oxygen atoms in total. The largest absolute Gasteiger partial charge is 0.480 e. The molecule has 1 aliphatic heterocycles. The summed E-state index contributed by atoms with van der Waals surface area (Å²) in [5.41, 5.74) is 1.61. The molecule has 0 unspecified atom stereocenters. The monoisotopic (exact) mass is 403 g/mol. The minimum absolute atomic E-state index is 0.0908. The van der Waals surface area contributed by atoms with Crippen LogP contribution in [-0.4, -0.2) is 33.5 Å². The van der Waals surface area contributed by atoms with Crippen molar-refractivity contribution in [1.29, 1.82) is 0 Å². The molecule has 7 heteroatoms. The minimum Gasteiger partial charge on any atom is -0.480 e. The van der Waals surface area contributed by atoms with Crippen molar-refractivity contribution in [2.24, 2.45) is 0 Å². The average Bonchev–Trinajstić information content (AvgIpc) is 2.61. The van der Waals surface area contributed by atoms with Crippen LogP contribution >= 0.6 is 0 Å². The normalized spacial score (nSPS) is 16.2. The zero-order valence-electron chi connectivity index (χ0n) is 16.7. The molecule has 1 atom stereocenters. The number of benzene rings is 2. The van der Waals surface area contributed by atoms with Gasteiger partial charge >= 0.3 is 0 Å². The van der Waals surface area contributed by atoms with E-state index in [1.165, 1.54) is 12.1 Å². The number of ether oxygens (including phenoxy) is 3. The molecule has 1 heterocycles. The number of halogens is 1. The molecule has 0 fully saturated rings. The van der Waals surface area contributed by atoms with Crippen molar-refractivity contribution >= 4 is 19.7 Å². The van der Waals surface area contributed by atoms with Crippen LogP contribution in [0.2, 0.25) is 25.7 Å². The third-order valence-corrected chi connectivity index (χ3v) is 6.17. The Labute approximate surface area is 165 Å². The number of rotatable bonds is 6. The first kappa shape index (κ1) is 20.4. The number of carbonyl (C=O) groups excluding carboxylic acids is 1. The smallest absolute Gasteiger partial charge is 0.265 e. The molecule has 1 N–H and O–H groups in total. The molecule has 0 spiro atoms. The summed E-state index contributed by atoms with van der Waals surface area (Å²) < 4.78 is 31.3. The number of fused-ring (bicyclic) bond motifs is 3. The van der Waals surface area contributed by atoms with Crippen LogP contribution < -0.4 is 14.8 Å². The maximum atomic E-state index is 14.0. The lowest BCUT2D eigenvalue weighted by molar-refractivity contribution is -0.122. The summed E-state index contributed by atoms with van der Waals surface area (Å²) in [4.78, 5) is 12.3. The van der Waals surface area contributed by atoms with Gasteiger partial charge in [-0.2, -0.15) is 0 Å². The molecule has 1 aliphatic rings. The van der Waals surface area contributed by atoms with E-state index in [0.29, 0.717) is 34.9 Å². The Kier molecular flexibility index (Phi) is 6.05. The van der Waals surface area contributed by atoms with Crippen molar-refractivity contribution < 1.29 is 23.4 Å². The predicted octanol–water partition coefficient (Wildman–Crippen LogP) is 4.90. The number of hydrogen-bond donors (Lipinski definition) is 1. The molecule has 1 amide bonds. The first-order valence-electron chi connectivity index (χ1n) is 9.35. The summed E-state index contributed by atoms with van der Waals surface area (Å²) in [6, 6.07) is 10.6. The highest BCUT2D eigenvalue weighted by Gasteiger charge is 2.26. The van der Waals surface area contributed by atoms with E-state index in [-0.39, 0.29) is 12.7 Å². The van der Waals surface area contributed by atoms with Gasteiger partial charge in [0.1, 0.15) is 17.3 Å². The Morgan fingerprint density at radius 1 is 1.21 bits per heavy atom. The number of carbonyl (C=O) groups is 1. The van der Waals surface area contributed by atoms with Crippen LogP contribution in [0.3, 0.4) is 0 Å². The average molecular weight is 404 g/mol. The van der Waals surface area contributed by atoms with Crippen LogP contribution in [0.15, 0.2) is 36.4 Å². The Morgan fingerprint density at radius 2 is 2.00 bits per heavy atom. The number of hydrogen-bond acceptors (Lipinski definition) is 4. The minimum atomic E-state index is -1.17. The van der Waals surface area contributed by atoms with E-state index in [1.54, 1.807) is 31.2 Å². The van der Waals surface area contributed by atoms with Gasteiger partial charge in [0.05, 0.1) is 5.56 Å². The van der Waals surface area contributed by atoms with Gasteiger partial charge in [-0.15, -0.1) is 0 Å². The lowest BCUT2D eigenvalue weighted by Gasteiger charge is -2.24. The molecule has 0 bridgehead atoms. The third kappa shape index (κ3) is 4.91. The van der Waals surface area contributed by atoms with Gasteiger partial charge in [0, 0.05) is 25.9 Å². The number of amides is 1. The van der Waals surface area contributed by atoms with E-state index in [4.69, 9.17) is 14.2 Å². The lowest BCUT2D eigenvalue weighted by Crippen LogP contribution is -2.31. The molecule has 0 radical (unpaired) electrons. The molecule has 0 saturated carbocycles. The third-order valence-electron chi connectivity index (χ3n) is 4.46. The second kappa shape index (κ2) is 8.32. The van der Waals surface area contributed by atoms with Crippen molar-refractivity contribution in [3.05, 3.63) is 42.2 Å². The predicted molar refractivity (Wildman–Crippen MR) is 110 cm³/mol. The van der Waals surface area contributed by atoms with Gasteiger partial charge in [-0.1, -0.05) is 25.7 Å². The summed E-state index contributed by atoms with van der Waals surface area (Å²) in [5.74, 6) is 0.280. The van der Waals surface area contributed by atoms with E-state index in [1.807, 2.05) is 0 Å². The molecule has 3 rings (SSSR count). The molecule has 0 aromatic heterocycles.